The maximum absolute atomic E-state index is 9.20. The summed E-state index contributed by atoms with van der Waals surface area (Å²) in [4.78, 5) is 0. The van der Waals surface area contributed by atoms with Crippen LogP contribution in [0.4, 0.5) is 5.69 Å². The van der Waals surface area contributed by atoms with E-state index in [-0.39, 0.29) is 5.75 Å². The number of rotatable bonds is 4. The predicted molar refractivity (Wildman–Crippen MR) is 79.2 cm³/mol. The number of nitrogens with one attached hydrogen (secondary N) is 1. The van der Waals surface area contributed by atoms with E-state index in [4.69, 9.17) is 5.26 Å². The molecular weight excluding hydrogens is 304 g/mol. The zero-order valence-corrected chi connectivity index (χ0v) is 11.8. The van der Waals surface area contributed by atoms with Gasteiger partial charge in [0, 0.05) is 11.0 Å². The number of phenols is 1. The third kappa shape index (κ3) is 3.73. The van der Waals surface area contributed by atoms with E-state index in [1.165, 1.54) is 0 Å². The monoisotopic (exact) mass is 316 g/mol. The van der Waals surface area contributed by atoms with Gasteiger partial charge in [0.1, 0.15) is 11.8 Å². The molecule has 0 aliphatic carbocycles. The van der Waals surface area contributed by atoms with Crippen molar-refractivity contribution in [3.05, 3.63) is 58.1 Å². The normalized spacial score (nSPS) is 9.89. The van der Waals surface area contributed by atoms with Gasteiger partial charge in [-0.1, -0.05) is 28.1 Å². The van der Waals surface area contributed by atoms with Crippen molar-refractivity contribution in [1.29, 1.82) is 5.26 Å². The number of phenolic OH excluding ortho intramolecular Hbond substituents is 1. The number of hydrogen-bond donors (Lipinski definition) is 2. The molecule has 2 aromatic carbocycles. The van der Waals surface area contributed by atoms with Crippen molar-refractivity contribution in [2.45, 2.75) is 6.42 Å². The van der Waals surface area contributed by atoms with E-state index >= 15 is 0 Å². The van der Waals surface area contributed by atoms with Gasteiger partial charge in [-0.3, -0.25) is 0 Å². The average molecular weight is 317 g/mol. The highest BCUT2D eigenvalue weighted by Crippen LogP contribution is 2.20. The van der Waals surface area contributed by atoms with E-state index in [1.54, 1.807) is 18.2 Å². The van der Waals surface area contributed by atoms with Crippen molar-refractivity contribution in [3.63, 3.8) is 0 Å². The van der Waals surface area contributed by atoms with E-state index < -0.39 is 0 Å². The summed E-state index contributed by atoms with van der Waals surface area (Å²) in [5, 5.41) is 21.5. The smallest absolute Gasteiger partial charge is 0.115 e. The largest absolute Gasteiger partial charge is 0.508 e. The summed E-state index contributed by atoms with van der Waals surface area (Å²) in [7, 11) is 0. The Kier molecular flexibility index (Phi) is 4.43. The summed E-state index contributed by atoms with van der Waals surface area (Å²) < 4.78 is 0.896. The van der Waals surface area contributed by atoms with Crippen molar-refractivity contribution in [1.82, 2.24) is 0 Å². The fraction of sp³-hybridized carbons (Fsp3) is 0.133. The van der Waals surface area contributed by atoms with Crippen LogP contribution in [0.2, 0.25) is 0 Å². The summed E-state index contributed by atoms with van der Waals surface area (Å²) >= 11 is 3.35. The molecule has 2 rings (SSSR count). The van der Waals surface area contributed by atoms with E-state index in [2.05, 4.69) is 27.3 Å². The van der Waals surface area contributed by atoms with Crippen LogP contribution in [0, 0.1) is 11.3 Å². The molecular formula is C15H13BrN2O. The van der Waals surface area contributed by atoms with Crippen LogP contribution < -0.4 is 5.32 Å². The molecule has 0 atom stereocenters. The number of anilines is 1. The molecule has 0 unspecified atom stereocenters. The minimum absolute atomic E-state index is 0.274. The molecule has 0 fully saturated rings. The van der Waals surface area contributed by atoms with Gasteiger partial charge in [0.2, 0.25) is 0 Å². The Morgan fingerprint density at radius 3 is 2.58 bits per heavy atom. The molecule has 4 heteroatoms. The van der Waals surface area contributed by atoms with Crippen molar-refractivity contribution in [3.8, 4) is 11.8 Å². The number of aromatic hydroxyl groups is 1. The van der Waals surface area contributed by atoms with E-state index in [9.17, 15) is 5.11 Å². The quantitative estimate of drug-likeness (QED) is 0.904. The second-order valence-electron chi connectivity index (χ2n) is 4.14. The molecule has 2 N–H and O–H groups in total. The molecule has 0 saturated carbocycles. The van der Waals surface area contributed by atoms with Gasteiger partial charge in [-0.2, -0.15) is 5.26 Å². The third-order valence-electron chi connectivity index (χ3n) is 2.77. The zero-order valence-electron chi connectivity index (χ0n) is 10.2. The first kappa shape index (κ1) is 13.4. The Balaban J connectivity index is 1.96. The Morgan fingerprint density at radius 1 is 1.16 bits per heavy atom. The molecule has 0 aliphatic heterocycles. The van der Waals surface area contributed by atoms with Crippen LogP contribution in [0.3, 0.4) is 0 Å². The minimum atomic E-state index is 0.274. The molecule has 0 spiro atoms. The second kappa shape index (κ2) is 6.26. The van der Waals surface area contributed by atoms with Crippen LogP contribution in [0.25, 0.3) is 0 Å². The van der Waals surface area contributed by atoms with Gasteiger partial charge in [0.25, 0.3) is 0 Å². The molecule has 3 nitrogen and oxygen atoms in total. The molecule has 0 bridgehead atoms. The maximum atomic E-state index is 9.20. The molecule has 2 aromatic rings. The van der Waals surface area contributed by atoms with Crippen LogP contribution in [0.1, 0.15) is 11.1 Å². The Hall–Kier alpha value is -1.99. The molecule has 0 heterocycles. The first-order valence-electron chi connectivity index (χ1n) is 5.90. The Labute approximate surface area is 120 Å². The third-order valence-corrected chi connectivity index (χ3v) is 3.26. The molecule has 0 saturated heterocycles. The van der Waals surface area contributed by atoms with Gasteiger partial charge in [0.15, 0.2) is 0 Å². The predicted octanol–water partition coefficient (Wildman–Crippen LogP) is 3.68. The van der Waals surface area contributed by atoms with E-state index in [0.29, 0.717) is 5.56 Å². The molecule has 19 heavy (non-hydrogen) atoms. The summed E-state index contributed by atoms with van der Waals surface area (Å²) in [5.74, 6) is 0.274. The first-order chi connectivity index (χ1) is 9.19. The maximum Gasteiger partial charge on any atom is 0.115 e. The Morgan fingerprint density at radius 2 is 1.89 bits per heavy atom. The number of nitriles is 1. The standard InChI is InChI=1S/C15H13BrN2O/c16-13-3-6-15(12(9-13)10-17)18-8-7-11-1-4-14(19)5-2-11/h1-6,9,18-19H,7-8H2. The van der Waals surface area contributed by atoms with Crippen molar-refractivity contribution >= 4 is 21.6 Å². The number of hydrogen-bond acceptors (Lipinski definition) is 3. The SMILES string of the molecule is N#Cc1cc(Br)ccc1NCCc1ccc(O)cc1. The van der Waals surface area contributed by atoms with Crippen LogP contribution in [0.15, 0.2) is 46.9 Å². The van der Waals surface area contributed by atoms with Gasteiger partial charge in [-0.25, -0.2) is 0 Å². The summed E-state index contributed by atoms with van der Waals surface area (Å²) in [6.07, 6.45) is 0.835. The van der Waals surface area contributed by atoms with Crippen LogP contribution in [-0.4, -0.2) is 11.7 Å². The lowest BCUT2D eigenvalue weighted by Gasteiger charge is -2.08. The average Bonchev–Trinajstić information content (AvgIpc) is 2.42. The molecule has 0 aromatic heterocycles. The fourth-order valence-electron chi connectivity index (χ4n) is 1.77. The highest BCUT2D eigenvalue weighted by atomic mass is 79.9. The zero-order chi connectivity index (χ0) is 13.7. The highest BCUT2D eigenvalue weighted by Gasteiger charge is 2.02. The molecule has 96 valence electrons. The van der Waals surface area contributed by atoms with Crippen LogP contribution in [-0.2, 0) is 6.42 Å². The van der Waals surface area contributed by atoms with Crippen molar-refractivity contribution in [2.24, 2.45) is 0 Å². The first-order valence-corrected chi connectivity index (χ1v) is 6.70. The fourth-order valence-corrected chi connectivity index (χ4v) is 2.13. The molecule has 0 amide bonds. The summed E-state index contributed by atoms with van der Waals surface area (Å²) in [5.41, 5.74) is 2.60. The summed E-state index contributed by atoms with van der Waals surface area (Å²) in [6.45, 7) is 0.737. The van der Waals surface area contributed by atoms with Gasteiger partial charge >= 0.3 is 0 Å². The number of halogens is 1. The Bertz CT molecular complexity index is 603. The molecule has 0 aliphatic rings. The van der Waals surface area contributed by atoms with Gasteiger partial charge in [0.05, 0.1) is 11.3 Å². The molecule has 0 radical (unpaired) electrons. The second-order valence-corrected chi connectivity index (χ2v) is 5.06. The van der Waals surface area contributed by atoms with E-state index in [1.807, 2.05) is 24.3 Å². The van der Waals surface area contributed by atoms with Crippen LogP contribution >= 0.6 is 15.9 Å². The highest BCUT2D eigenvalue weighted by molar-refractivity contribution is 9.10. The van der Waals surface area contributed by atoms with Gasteiger partial charge in [-0.15, -0.1) is 0 Å². The van der Waals surface area contributed by atoms with Crippen molar-refractivity contribution in [2.75, 3.05) is 11.9 Å². The lowest BCUT2D eigenvalue weighted by atomic mass is 10.1. The van der Waals surface area contributed by atoms with Gasteiger partial charge in [-0.05, 0) is 42.3 Å². The van der Waals surface area contributed by atoms with E-state index in [0.717, 1.165) is 28.7 Å². The minimum Gasteiger partial charge on any atom is -0.508 e. The van der Waals surface area contributed by atoms with Crippen molar-refractivity contribution < 1.29 is 5.11 Å². The number of benzene rings is 2. The lowest BCUT2D eigenvalue weighted by molar-refractivity contribution is 0.475. The number of nitrogens with zero attached hydrogens (tertiary/aromatic N) is 1. The van der Waals surface area contributed by atoms with Gasteiger partial charge < -0.3 is 10.4 Å². The van der Waals surface area contributed by atoms with Crippen LogP contribution in [0.5, 0.6) is 5.75 Å². The lowest BCUT2D eigenvalue weighted by Crippen LogP contribution is -2.06. The summed E-state index contributed by atoms with van der Waals surface area (Å²) in [6, 6.07) is 14.9. The topological polar surface area (TPSA) is 56.0 Å².